The number of alkyl halides is 3. The summed E-state index contributed by atoms with van der Waals surface area (Å²) < 4.78 is 62.8. The highest BCUT2D eigenvalue weighted by atomic mass is 79.9. The van der Waals surface area contributed by atoms with E-state index in [2.05, 4.69) is 26.2 Å². The Morgan fingerprint density at radius 1 is 1.11 bits per heavy atom. The average Bonchev–Trinajstić information content (AvgIpc) is 3.00. The van der Waals surface area contributed by atoms with E-state index in [1.165, 1.54) is 0 Å². The molecule has 0 radical (unpaired) electrons. The molecule has 6 nitrogen and oxygen atoms in total. The van der Waals surface area contributed by atoms with Gasteiger partial charge in [0, 0.05) is 22.4 Å². The predicted octanol–water partition coefficient (Wildman–Crippen LogP) is 3.32. The number of rotatable bonds is 4. The Balaban J connectivity index is 1.70. The second-order valence-corrected chi connectivity index (χ2v) is 8.36. The minimum Gasteiger partial charge on any atom is -0.346 e. The summed E-state index contributed by atoms with van der Waals surface area (Å²) in [6.45, 7) is 0.0979. The maximum Gasteiger partial charge on any atom is 0.501 e. The van der Waals surface area contributed by atoms with Crippen molar-refractivity contribution in [1.82, 2.24) is 14.7 Å². The van der Waals surface area contributed by atoms with Gasteiger partial charge in [0.15, 0.2) is 0 Å². The highest BCUT2D eigenvalue weighted by molar-refractivity contribution is 9.10. The second kappa shape index (κ2) is 6.97. The number of fused-ring (bicyclic) bond motifs is 1. The van der Waals surface area contributed by atoms with Gasteiger partial charge in [0.2, 0.25) is 0 Å². The average molecular weight is 462 g/mol. The van der Waals surface area contributed by atoms with Gasteiger partial charge in [-0.25, -0.2) is 13.4 Å². The van der Waals surface area contributed by atoms with Crippen LogP contribution in [0.3, 0.4) is 0 Å². The SMILES string of the molecule is O=C(NCc1cn2cc(Br)ccc2n1)c1ccc(S(=O)(=O)C(F)(F)F)cc1. The van der Waals surface area contributed by atoms with Crippen LogP contribution in [0, 0.1) is 0 Å². The van der Waals surface area contributed by atoms with Crippen LogP contribution < -0.4 is 5.32 Å². The lowest BCUT2D eigenvalue weighted by Crippen LogP contribution is -2.24. The summed E-state index contributed by atoms with van der Waals surface area (Å²) in [5, 5.41) is 2.58. The summed E-state index contributed by atoms with van der Waals surface area (Å²) >= 11 is 3.33. The number of sulfone groups is 1. The Morgan fingerprint density at radius 3 is 2.41 bits per heavy atom. The van der Waals surface area contributed by atoms with Crippen LogP contribution in [0.5, 0.6) is 0 Å². The summed E-state index contributed by atoms with van der Waals surface area (Å²) in [6.07, 6.45) is 3.52. The van der Waals surface area contributed by atoms with E-state index in [1.807, 2.05) is 6.07 Å². The molecule has 0 atom stereocenters. The molecule has 1 aromatic carbocycles. The molecule has 3 aromatic rings. The van der Waals surface area contributed by atoms with Crippen molar-refractivity contribution in [1.29, 1.82) is 0 Å². The van der Waals surface area contributed by atoms with Crippen LogP contribution in [0.25, 0.3) is 5.65 Å². The minimum atomic E-state index is -5.44. The van der Waals surface area contributed by atoms with E-state index in [0.717, 1.165) is 28.7 Å². The fourth-order valence-corrected chi connectivity index (χ4v) is 3.41. The van der Waals surface area contributed by atoms with Gasteiger partial charge in [0.25, 0.3) is 15.7 Å². The summed E-state index contributed by atoms with van der Waals surface area (Å²) in [4.78, 5) is 15.5. The zero-order valence-corrected chi connectivity index (χ0v) is 15.8. The molecule has 11 heteroatoms. The van der Waals surface area contributed by atoms with Gasteiger partial charge in [-0.2, -0.15) is 13.2 Å². The number of carbonyl (C=O) groups excluding carboxylic acids is 1. The minimum absolute atomic E-state index is 0.0302. The number of amides is 1. The van der Waals surface area contributed by atoms with E-state index in [1.54, 1.807) is 22.9 Å². The molecule has 1 N–H and O–H groups in total. The number of hydrogen-bond donors (Lipinski definition) is 1. The fourth-order valence-electron chi connectivity index (χ4n) is 2.29. The highest BCUT2D eigenvalue weighted by Gasteiger charge is 2.46. The van der Waals surface area contributed by atoms with E-state index in [-0.39, 0.29) is 12.1 Å². The van der Waals surface area contributed by atoms with Gasteiger partial charge in [-0.15, -0.1) is 0 Å². The van der Waals surface area contributed by atoms with Crippen LogP contribution in [0.4, 0.5) is 13.2 Å². The van der Waals surface area contributed by atoms with E-state index in [4.69, 9.17) is 0 Å². The number of pyridine rings is 1. The van der Waals surface area contributed by atoms with Gasteiger partial charge < -0.3 is 9.72 Å². The van der Waals surface area contributed by atoms with Gasteiger partial charge in [0.1, 0.15) is 5.65 Å². The Morgan fingerprint density at radius 2 is 1.78 bits per heavy atom. The maximum absolute atomic E-state index is 12.5. The van der Waals surface area contributed by atoms with Gasteiger partial charge in [-0.3, -0.25) is 4.79 Å². The first-order valence-corrected chi connectivity index (χ1v) is 9.68. The first-order chi connectivity index (χ1) is 12.6. The van der Waals surface area contributed by atoms with Crippen molar-refractivity contribution >= 4 is 37.3 Å². The fraction of sp³-hybridized carbons (Fsp3) is 0.125. The van der Waals surface area contributed by atoms with Crippen LogP contribution >= 0.6 is 15.9 Å². The first-order valence-electron chi connectivity index (χ1n) is 7.41. The van der Waals surface area contributed by atoms with Crippen molar-refractivity contribution in [3.63, 3.8) is 0 Å². The Bertz CT molecular complexity index is 1110. The van der Waals surface area contributed by atoms with E-state index in [9.17, 15) is 26.4 Å². The molecule has 2 heterocycles. The molecule has 3 rings (SSSR count). The molecule has 27 heavy (non-hydrogen) atoms. The van der Waals surface area contributed by atoms with Crippen LogP contribution in [0.1, 0.15) is 16.1 Å². The van der Waals surface area contributed by atoms with Crippen molar-refractivity contribution in [3.05, 3.63) is 64.5 Å². The Labute approximate surface area is 160 Å². The van der Waals surface area contributed by atoms with E-state index in [0.29, 0.717) is 11.3 Å². The van der Waals surface area contributed by atoms with Crippen LogP contribution in [0.15, 0.2) is 58.2 Å². The smallest absolute Gasteiger partial charge is 0.346 e. The lowest BCUT2D eigenvalue weighted by Gasteiger charge is -2.08. The summed E-state index contributed by atoms with van der Waals surface area (Å²) in [6, 6.07) is 7.15. The summed E-state index contributed by atoms with van der Waals surface area (Å²) in [7, 11) is -5.44. The van der Waals surface area contributed by atoms with Crippen molar-refractivity contribution in [2.45, 2.75) is 16.9 Å². The first kappa shape index (κ1) is 19.4. The molecule has 142 valence electrons. The molecule has 0 aliphatic carbocycles. The molecule has 0 saturated carbocycles. The molecule has 0 unspecified atom stereocenters. The quantitative estimate of drug-likeness (QED) is 0.646. The molecule has 0 aliphatic rings. The zero-order valence-electron chi connectivity index (χ0n) is 13.4. The molecule has 0 aliphatic heterocycles. The standard InChI is InChI=1S/C16H11BrF3N3O3S/c17-11-3-6-14-22-12(9-23(14)8-11)7-21-15(24)10-1-4-13(5-2-10)27(25,26)16(18,19)20/h1-6,8-9H,7H2,(H,21,24). The third-order valence-electron chi connectivity index (χ3n) is 3.63. The number of aromatic nitrogens is 2. The number of carbonyl (C=O) groups is 1. The number of hydrogen-bond acceptors (Lipinski definition) is 4. The topological polar surface area (TPSA) is 80.5 Å². The van der Waals surface area contributed by atoms with E-state index >= 15 is 0 Å². The molecule has 0 spiro atoms. The maximum atomic E-state index is 12.5. The zero-order chi connectivity index (χ0) is 19.8. The van der Waals surface area contributed by atoms with Crippen molar-refractivity contribution in [3.8, 4) is 0 Å². The number of benzene rings is 1. The summed E-state index contributed by atoms with van der Waals surface area (Å²) in [5.74, 6) is -0.566. The largest absolute Gasteiger partial charge is 0.501 e. The lowest BCUT2D eigenvalue weighted by molar-refractivity contribution is -0.0436. The molecule has 2 aromatic heterocycles. The van der Waals surface area contributed by atoms with Crippen LogP contribution in [-0.4, -0.2) is 29.2 Å². The van der Waals surface area contributed by atoms with Crippen LogP contribution in [0.2, 0.25) is 0 Å². The number of halogens is 4. The lowest BCUT2D eigenvalue weighted by atomic mass is 10.2. The number of imidazole rings is 1. The third kappa shape index (κ3) is 3.98. The molecule has 0 bridgehead atoms. The van der Waals surface area contributed by atoms with Crippen molar-refractivity contribution in [2.24, 2.45) is 0 Å². The highest BCUT2D eigenvalue weighted by Crippen LogP contribution is 2.30. The van der Waals surface area contributed by atoms with Crippen molar-refractivity contribution in [2.75, 3.05) is 0 Å². The molecule has 0 fully saturated rings. The Kier molecular flexibility index (Phi) is 5.00. The third-order valence-corrected chi connectivity index (χ3v) is 5.60. The molecular weight excluding hydrogens is 451 g/mol. The summed E-state index contributed by atoms with van der Waals surface area (Å²) in [5.41, 5.74) is -4.10. The van der Waals surface area contributed by atoms with Gasteiger partial charge in [-0.1, -0.05) is 0 Å². The normalized spacial score (nSPS) is 12.3. The van der Waals surface area contributed by atoms with E-state index < -0.39 is 26.1 Å². The van der Waals surface area contributed by atoms with Gasteiger partial charge in [-0.05, 0) is 52.3 Å². The van der Waals surface area contributed by atoms with Gasteiger partial charge >= 0.3 is 5.51 Å². The Hall–Kier alpha value is -2.40. The monoisotopic (exact) mass is 461 g/mol. The number of nitrogens with zero attached hydrogens (tertiary/aromatic N) is 2. The molecule has 0 saturated heterocycles. The van der Waals surface area contributed by atoms with Gasteiger partial charge in [0.05, 0.1) is 17.1 Å². The number of nitrogens with one attached hydrogen (secondary N) is 1. The molecular formula is C16H11BrF3N3O3S. The predicted molar refractivity (Wildman–Crippen MR) is 93.7 cm³/mol. The van der Waals surface area contributed by atoms with Crippen LogP contribution in [-0.2, 0) is 16.4 Å². The molecule has 1 amide bonds. The van der Waals surface area contributed by atoms with Crippen molar-refractivity contribution < 1.29 is 26.4 Å². The second-order valence-electron chi connectivity index (χ2n) is 5.50.